The predicted octanol–water partition coefficient (Wildman–Crippen LogP) is 1.49. The summed E-state index contributed by atoms with van der Waals surface area (Å²) in [6.07, 6.45) is 0.450. The molecule has 1 N–H and O–H groups in total. The van der Waals surface area contributed by atoms with Crippen molar-refractivity contribution >= 4 is 11.9 Å². The Kier molecular flexibility index (Phi) is 5.97. The molecule has 0 aliphatic rings. The molecule has 0 aromatic carbocycles. The summed E-state index contributed by atoms with van der Waals surface area (Å²) in [4.78, 5) is 22.5. The minimum atomic E-state index is -0.523. The van der Waals surface area contributed by atoms with E-state index >= 15 is 0 Å². The zero-order chi connectivity index (χ0) is 12.0. The molecule has 0 fully saturated rings. The van der Waals surface area contributed by atoms with Crippen LogP contribution >= 0.6 is 0 Å². The third kappa shape index (κ3) is 6.94. The smallest absolute Gasteiger partial charge is 0.328 e. The van der Waals surface area contributed by atoms with Crippen molar-refractivity contribution in [2.75, 3.05) is 0 Å². The molecule has 0 aromatic rings. The maximum atomic E-state index is 11.6. The van der Waals surface area contributed by atoms with Crippen molar-refractivity contribution in [1.29, 1.82) is 0 Å². The van der Waals surface area contributed by atoms with Crippen molar-refractivity contribution in [3.63, 3.8) is 0 Å². The number of carbonyl (C=O) groups is 2. The summed E-state index contributed by atoms with van der Waals surface area (Å²) in [6, 6.07) is -0.523. The van der Waals surface area contributed by atoms with Gasteiger partial charge in [0, 0.05) is 6.92 Å². The molecule has 0 bridgehead atoms. The predicted molar refractivity (Wildman–Crippen MR) is 58.3 cm³/mol. The molecule has 0 saturated carbocycles. The largest absolute Gasteiger partial charge is 0.461 e. The van der Waals surface area contributed by atoms with Gasteiger partial charge in [-0.05, 0) is 26.2 Å². The van der Waals surface area contributed by atoms with Crippen molar-refractivity contribution in [1.82, 2.24) is 5.32 Å². The molecule has 0 unspecified atom stereocenters. The van der Waals surface area contributed by atoms with Crippen molar-refractivity contribution in [3.05, 3.63) is 0 Å². The number of carbonyl (C=O) groups excluding carboxylic acids is 2. The first-order valence-electron chi connectivity index (χ1n) is 5.30. The van der Waals surface area contributed by atoms with E-state index in [1.54, 1.807) is 13.8 Å². The number of nitrogens with one attached hydrogen (secondary N) is 1. The van der Waals surface area contributed by atoms with Gasteiger partial charge < -0.3 is 10.1 Å². The summed E-state index contributed by atoms with van der Waals surface area (Å²) in [5, 5.41) is 2.60. The molecule has 0 saturated heterocycles. The van der Waals surface area contributed by atoms with Gasteiger partial charge in [0.05, 0.1) is 6.10 Å². The minimum Gasteiger partial charge on any atom is -0.461 e. The van der Waals surface area contributed by atoms with E-state index in [9.17, 15) is 9.59 Å². The highest BCUT2D eigenvalue weighted by atomic mass is 16.5. The van der Waals surface area contributed by atoms with Crippen molar-refractivity contribution in [2.45, 2.75) is 53.2 Å². The van der Waals surface area contributed by atoms with Crippen LogP contribution in [0, 0.1) is 5.92 Å². The molecule has 0 rings (SSSR count). The van der Waals surface area contributed by atoms with Gasteiger partial charge in [-0.15, -0.1) is 0 Å². The van der Waals surface area contributed by atoms with E-state index in [0.29, 0.717) is 12.3 Å². The van der Waals surface area contributed by atoms with Gasteiger partial charge in [0.15, 0.2) is 0 Å². The second kappa shape index (κ2) is 6.43. The summed E-state index contributed by atoms with van der Waals surface area (Å²) in [5.41, 5.74) is 0. The molecule has 15 heavy (non-hydrogen) atoms. The zero-order valence-corrected chi connectivity index (χ0v) is 10.2. The van der Waals surface area contributed by atoms with Crippen LogP contribution in [0.2, 0.25) is 0 Å². The second-order valence-electron chi connectivity index (χ2n) is 4.37. The van der Waals surface area contributed by atoms with Gasteiger partial charge in [0.1, 0.15) is 6.04 Å². The Morgan fingerprint density at radius 3 is 2.07 bits per heavy atom. The topological polar surface area (TPSA) is 55.4 Å². The van der Waals surface area contributed by atoms with Crippen LogP contribution < -0.4 is 5.32 Å². The number of esters is 1. The van der Waals surface area contributed by atoms with Crippen LogP contribution in [0.25, 0.3) is 0 Å². The maximum Gasteiger partial charge on any atom is 0.328 e. The van der Waals surface area contributed by atoms with E-state index in [4.69, 9.17) is 4.74 Å². The van der Waals surface area contributed by atoms with E-state index in [1.165, 1.54) is 6.92 Å². The highest BCUT2D eigenvalue weighted by Crippen LogP contribution is 2.07. The fourth-order valence-electron chi connectivity index (χ4n) is 1.25. The molecule has 4 heteroatoms. The van der Waals surface area contributed by atoms with Gasteiger partial charge in [-0.3, -0.25) is 4.79 Å². The summed E-state index contributed by atoms with van der Waals surface area (Å²) in [6.45, 7) is 8.97. The standard InChI is InChI=1S/C11H21NO3/c1-7(2)6-10(12-9(5)13)11(14)15-8(3)4/h7-8,10H,6H2,1-5H3,(H,12,13)/t10-/m1/s1. The van der Waals surface area contributed by atoms with Gasteiger partial charge in [-0.1, -0.05) is 13.8 Å². The summed E-state index contributed by atoms with van der Waals surface area (Å²) >= 11 is 0. The van der Waals surface area contributed by atoms with Crippen LogP contribution in [0.15, 0.2) is 0 Å². The quantitative estimate of drug-likeness (QED) is 0.707. The Balaban J connectivity index is 4.33. The molecule has 1 amide bonds. The van der Waals surface area contributed by atoms with E-state index in [-0.39, 0.29) is 18.0 Å². The monoisotopic (exact) mass is 215 g/mol. The van der Waals surface area contributed by atoms with Gasteiger partial charge in [0.25, 0.3) is 0 Å². The summed E-state index contributed by atoms with van der Waals surface area (Å²) in [5.74, 6) is -0.225. The Bertz CT molecular complexity index is 224. The van der Waals surface area contributed by atoms with Crippen LogP contribution in [0.4, 0.5) is 0 Å². The average molecular weight is 215 g/mol. The lowest BCUT2D eigenvalue weighted by atomic mass is 10.0. The minimum absolute atomic E-state index is 0.152. The number of amides is 1. The van der Waals surface area contributed by atoms with Crippen LogP contribution in [0.1, 0.15) is 41.0 Å². The van der Waals surface area contributed by atoms with Gasteiger partial charge >= 0.3 is 5.97 Å². The summed E-state index contributed by atoms with van der Waals surface area (Å²) in [7, 11) is 0. The SMILES string of the molecule is CC(=O)N[C@H](CC(C)C)C(=O)OC(C)C. The van der Waals surface area contributed by atoms with Crippen LogP contribution in [-0.4, -0.2) is 24.0 Å². The van der Waals surface area contributed by atoms with Crippen LogP contribution in [0.5, 0.6) is 0 Å². The van der Waals surface area contributed by atoms with Crippen LogP contribution in [-0.2, 0) is 14.3 Å². The lowest BCUT2D eigenvalue weighted by molar-refractivity contribution is -0.151. The van der Waals surface area contributed by atoms with Crippen molar-refractivity contribution in [3.8, 4) is 0 Å². The number of hydrogen-bond donors (Lipinski definition) is 1. The Morgan fingerprint density at radius 1 is 1.20 bits per heavy atom. The molecule has 0 aliphatic heterocycles. The van der Waals surface area contributed by atoms with Gasteiger partial charge in [-0.25, -0.2) is 4.79 Å². The first-order chi connectivity index (χ1) is 6.82. The first-order valence-corrected chi connectivity index (χ1v) is 5.30. The van der Waals surface area contributed by atoms with E-state index in [0.717, 1.165) is 0 Å². The Hall–Kier alpha value is -1.06. The molecule has 0 radical (unpaired) electrons. The lowest BCUT2D eigenvalue weighted by Crippen LogP contribution is -2.42. The number of ether oxygens (including phenoxy) is 1. The van der Waals surface area contributed by atoms with E-state index in [2.05, 4.69) is 5.32 Å². The van der Waals surface area contributed by atoms with E-state index in [1.807, 2.05) is 13.8 Å². The fourth-order valence-corrected chi connectivity index (χ4v) is 1.25. The third-order valence-corrected chi connectivity index (χ3v) is 1.72. The molecule has 88 valence electrons. The average Bonchev–Trinajstić information content (AvgIpc) is 1.99. The molecule has 4 nitrogen and oxygen atoms in total. The fraction of sp³-hybridized carbons (Fsp3) is 0.818. The summed E-state index contributed by atoms with van der Waals surface area (Å²) < 4.78 is 5.06. The number of rotatable bonds is 5. The maximum absolute atomic E-state index is 11.6. The molecule has 0 spiro atoms. The third-order valence-electron chi connectivity index (χ3n) is 1.72. The molecule has 0 aliphatic carbocycles. The van der Waals surface area contributed by atoms with Crippen molar-refractivity contribution < 1.29 is 14.3 Å². The first kappa shape index (κ1) is 13.9. The Morgan fingerprint density at radius 2 is 1.73 bits per heavy atom. The normalized spacial score (nSPS) is 12.7. The zero-order valence-electron chi connectivity index (χ0n) is 10.2. The highest BCUT2D eigenvalue weighted by Gasteiger charge is 2.22. The molecule has 0 heterocycles. The lowest BCUT2D eigenvalue weighted by Gasteiger charge is -2.19. The highest BCUT2D eigenvalue weighted by molar-refractivity contribution is 5.83. The van der Waals surface area contributed by atoms with E-state index < -0.39 is 6.04 Å². The van der Waals surface area contributed by atoms with Crippen LogP contribution in [0.3, 0.4) is 0 Å². The number of hydrogen-bond acceptors (Lipinski definition) is 3. The van der Waals surface area contributed by atoms with Gasteiger partial charge in [-0.2, -0.15) is 0 Å². The molecular formula is C11H21NO3. The Labute approximate surface area is 91.4 Å². The molecule has 0 aromatic heterocycles. The second-order valence-corrected chi connectivity index (χ2v) is 4.37. The molecular weight excluding hydrogens is 194 g/mol. The van der Waals surface area contributed by atoms with Crippen molar-refractivity contribution in [2.24, 2.45) is 5.92 Å². The van der Waals surface area contributed by atoms with Gasteiger partial charge in [0.2, 0.25) is 5.91 Å². The molecule has 1 atom stereocenters.